The van der Waals surface area contributed by atoms with E-state index in [1.54, 1.807) is 6.07 Å². The number of nitrogens with one attached hydrogen (secondary N) is 1. The minimum absolute atomic E-state index is 0.597. The lowest BCUT2D eigenvalue weighted by Crippen LogP contribution is -1.99. The summed E-state index contributed by atoms with van der Waals surface area (Å²) in [6, 6.07) is 19.3. The molecule has 1 N–H and O–H groups in total. The molecule has 1 aromatic heterocycles. The number of anilines is 2. The largest absolute Gasteiger partial charge is 0.340 e. The Bertz CT molecular complexity index is 885. The normalized spacial score (nSPS) is 10.1. The third-order valence-electron chi connectivity index (χ3n) is 3.25. The molecule has 0 bridgehead atoms. The molecule has 112 valence electrons. The van der Waals surface area contributed by atoms with E-state index in [1.807, 2.05) is 55.5 Å². The molecular weight excluding hydrogens is 352 g/mol. The number of nitrogens with zero attached hydrogens (tertiary/aromatic N) is 3. The van der Waals surface area contributed by atoms with Gasteiger partial charge in [-0.1, -0.05) is 30.3 Å². The van der Waals surface area contributed by atoms with Gasteiger partial charge in [-0.2, -0.15) is 5.26 Å². The number of halogens is 1. The topological polar surface area (TPSA) is 61.6 Å². The van der Waals surface area contributed by atoms with Crippen LogP contribution in [0.15, 0.2) is 59.1 Å². The van der Waals surface area contributed by atoms with Crippen LogP contribution in [0.3, 0.4) is 0 Å². The Balaban J connectivity index is 1.93. The molecule has 0 saturated heterocycles. The highest BCUT2D eigenvalue weighted by Gasteiger charge is 2.06. The van der Waals surface area contributed by atoms with Crippen molar-refractivity contribution in [1.82, 2.24) is 9.97 Å². The summed E-state index contributed by atoms with van der Waals surface area (Å²) in [6.45, 7) is 1.94. The number of aryl methyl sites for hydroxylation is 1. The van der Waals surface area contributed by atoms with E-state index in [0.29, 0.717) is 17.2 Å². The Hall–Kier alpha value is -2.71. The van der Waals surface area contributed by atoms with Crippen molar-refractivity contribution in [3.8, 4) is 17.5 Å². The summed E-state index contributed by atoms with van der Waals surface area (Å²) < 4.78 is 0.749. The number of rotatable bonds is 3. The minimum Gasteiger partial charge on any atom is -0.340 e. The molecule has 23 heavy (non-hydrogen) atoms. The van der Waals surface area contributed by atoms with Crippen LogP contribution in [0, 0.1) is 18.3 Å². The number of nitriles is 1. The summed E-state index contributed by atoms with van der Waals surface area (Å²) in [5.41, 5.74) is 3.31. The summed E-state index contributed by atoms with van der Waals surface area (Å²) in [6.07, 6.45) is 0. The van der Waals surface area contributed by atoms with Crippen LogP contribution in [0.25, 0.3) is 11.4 Å². The van der Waals surface area contributed by atoms with Crippen LogP contribution in [0.5, 0.6) is 0 Å². The Kier molecular flexibility index (Phi) is 4.35. The number of aromatic nitrogens is 2. The van der Waals surface area contributed by atoms with Crippen molar-refractivity contribution >= 4 is 27.4 Å². The van der Waals surface area contributed by atoms with Crippen molar-refractivity contribution in [2.45, 2.75) is 6.92 Å². The molecule has 0 aliphatic carbocycles. The van der Waals surface area contributed by atoms with Gasteiger partial charge < -0.3 is 5.32 Å². The maximum atomic E-state index is 8.98. The van der Waals surface area contributed by atoms with E-state index in [9.17, 15) is 0 Å². The van der Waals surface area contributed by atoms with Gasteiger partial charge in [0.2, 0.25) is 0 Å². The van der Waals surface area contributed by atoms with Crippen molar-refractivity contribution < 1.29 is 0 Å². The van der Waals surface area contributed by atoms with Crippen LogP contribution in [-0.2, 0) is 0 Å². The summed E-state index contributed by atoms with van der Waals surface area (Å²) >= 11 is 3.39. The van der Waals surface area contributed by atoms with Gasteiger partial charge in [0, 0.05) is 27.5 Å². The zero-order chi connectivity index (χ0) is 16.2. The van der Waals surface area contributed by atoms with Crippen molar-refractivity contribution in [2.24, 2.45) is 0 Å². The SMILES string of the molecule is Cc1cc(Nc2ccc(C#N)c(Br)c2)nc(-c2ccccc2)n1. The molecule has 0 radical (unpaired) electrons. The molecule has 0 spiro atoms. The van der Waals surface area contributed by atoms with Gasteiger partial charge in [0.1, 0.15) is 11.9 Å². The molecule has 3 rings (SSSR count). The predicted octanol–water partition coefficient (Wildman–Crippen LogP) is 4.83. The van der Waals surface area contributed by atoms with Crippen LogP contribution in [-0.4, -0.2) is 9.97 Å². The first-order valence-electron chi connectivity index (χ1n) is 7.03. The van der Waals surface area contributed by atoms with Crippen molar-refractivity contribution in [3.63, 3.8) is 0 Å². The van der Waals surface area contributed by atoms with Gasteiger partial charge in [-0.15, -0.1) is 0 Å². The Morgan fingerprint density at radius 2 is 1.83 bits per heavy atom. The maximum Gasteiger partial charge on any atom is 0.161 e. The summed E-state index contributed by atoms with van der Waals surface area (Å²) in [4.78, 5) is 9.06. The fourth-order valence-corrected chi connectivity index (χ4v) is 2.65. The highest BCUT2D eigenvalue weighted by atomic mass is 79.9. The second-order valence-corrected chi connectivity index (χ2v) is 5.87. The van der Waals surface area contributed by atoms with Crippen molar-refractivity contribution in [3.05, 3.63) is 70.3 Å². The molecule has 0 unspecified atom stereocenters. The van der Waals surface area contributed by atoms with E-state index in [1.165, 1.54) is 0 Å². The highest BCUT2D eigenvalue weighted by molar-refractivity contribution is 9.10. The second kappa shape index (κ2) is 6.59. The van der Waals surface area contributed by atoms with Gasteiger partial charge in [-0.3, -0.25) is 0 Å². The van der Waals surface area contributed by atoms with Gasteiger partial charge in [0.25, 0.3) is 0 Å². The van der Waals surface area contributed by atoms with Gasteiger partial charge in [-0.25, -0.2) is 9.97 Å². The van der Waals surface area contributed by atoms with E-state index < -0.39 is 0 Å². The predicted molar refractivity (Wildman–Crippen MR) is 94.3 cm³/mol. The first-order chi connectivity index (χ1) is 11.2. The molecule has 0 saturated carbocycles. The Labute approximate surface area is 143 Å². The van der Waals surface area contributed by atoms with Gasteiger partial charge in [0.05, 0.1) is 5.56 Å². The monoisotopic (exact) mass is 364 g/mol. The average molecular weight is 365 g/mol. The molecule has 0 atom stereocenters. The van der Waals surface area contributed by atoms with E-state index in [-0.39, 0.29) is 0 Å². The lowest BCUT2D eigenvalue weighted by atomic mass is 10.2. The molecule has 1 heterocycles. The van der Waals surface area contributed by atoms with Crippen molar-refractivity contribution in [1.29, 1.82) is 5.26 Å². The maximum absolute atomic E-state index is 8.98. The molecule has 4 nitrogen and oxygen atoms in total. The fourth-order valence-electron chi connectivity index (χ4n) is 2.18. The summed E-state index contributed by atoms with van der Waals surface area (Å²) in [5, 5.41) is 12.2. The third-order valence-corrected chi connectivity index (χ3v) is 3.90. The Morgan fingerprint density at radius 1 is 1.04 bits per heavy atom. The zero-order valence-electron chi connectivity index (χ0n) is 12.4. The molecular formula is C18H13BrN4. The quantitative estimate of drug-likeness (QED) is 0.722. The molecule has 0 amide bonds. The van der Waals surface area contributed by atoms with Crippen LogP contribution >= 0.6 is 15.9 Å². The number of hydrogen-bond donors (Lipinski definition) is 1. The van der Waals surface area contributed by atoms with Gasteiger partial charge in [0.15, 0.2) is 5.82 Å². The summed E-state index contributed by atoms with van der Waals surface area (Å²) in [7, 11) is 0. The average Bonchev–Trinajstić information content (AvgIpc) is 2.55. The first kappa shape index (κ1) is 15.2. The standard InChI is InChI=1S/C18H13BrN4/c1-12-9-17(22-15-8-7-14(11-20)16(19)10-15)23-18(21-12)13-5-3-2-4-6-13/h2-10H,1H3,(H,21,22,23). The van der Waals surface area contributed by atoms with Crippen LogP contribution in [0.2, 0.25) is 0 Å². The molecule has 3 aromatic rings. The van der Waals surface area contributed by atoms with E-state index in [0.717, 1.165) is 21.4 Å². The lowest BCUT2D eigenvalue weighted by Gasteiger charge is -2.09. The third kappa shape index (κ3) is 3.55. The van der Waals surface area contributed by atoms with Gasteiger partial charge >= 0.3 is 0 Å². The van der Waals surface area contributed by atoms with E-state index in [2.05, 4.69) is 37.3 Å². The molecule has 2 aromatic carbocycles. The molecule has 0 aliphatic heterocycles. The van der Waals surface area contributed by atoms with Gasteiger partial charge in [-0.05, 0) is 41.1 Å². The summed E-state index contributed by atoms with van der Waals surface area (Å²) in [5.74, 6) is 1.40. The Morgan fingerprint density at radius 3 is 2.52 bits per heavy atom. The van der Waals surface area contributed by atoms with Crippen molar-refractivity contribution in [2.75, 3.05) is 5.32 Å². The van der Waals surface area contributed by atoms with Crippen LogP contribution in [0.4, 0.5) is 11.5 Å². The second-order valence-electron chi connectivity index (χ2n) is 5.02. The smallest absolute Gasteiger partial charge is 0.161 e. The van der Waals surface area contributed by atoms with Crippen LogP contribution < -0.4 is 5.32 Å². The highest BCUT2D eigenvalue weighted by Crippen LogP contribution is 2.24. The van der Waals surface area contributed by atoms with E-state index in [4.69, 9.17) is 5.26 Å². The number of benzene rings is 2. The molecule has 5 heteroatoms. The first-order valence-corrected chi connectivity index (χ1v) is 7.83. The molecule has 0 aliphatic rings. The lowest BCUT2D eigenvalue weighted by molar-refractivity contribution is 1.11. The number of hydrogen-bond acceptors (Lipinski definition) is 4. The van der Waals surface area contributed by atoms with E-state index >= 15 is 0 Å². The minimum atomic E-state index is 0.597. The fraction of sp³-hybridized carbons (Fsp3) is 0.0556. The zero-order valence-corrected chi connectivity index (χ0v) is 14.0. The van der Waals surface area contributed by atoms with Crippen LogP contribution in [0.1, 0.15) is 11.3 Å². The molecule has 0 fully saturated rings.